The van der Waals surface area contributed by atoms with Crippen LogP contribution in [0, 0.1) is 0 Å². The summed E-state index contributed by atoms with van der Waals surface area (Å²) in [6.07, 6.45) is 4.43. The van der Waals surface area contributed by atoms with E-state index in [1.807, 2.05) is 0 Å². The highest BCUT2D eigenvalue weighted by Gasteiger charge is 1.98. The highest BCUT2D eigenvalue weighted by atomic mass is 32.1. The molecule has 3 nitrogen and oxygen atoms in total. The molecular formula is C12H22N2OS. The van der Waals surface area contributed by atoms with Gasteiger partial charge < -0.3 is 10.1 Å². The van der Waals surface area contributed by atoms with Crippen LogP contribution in [-0.4, -0.2) is 24.7 Å². The number of thiazole rings is 1. The number of nitrogens with one attached hydrogen (secondary N) is 1. The van der Waals surface area contributed by atoms with Crippen molar-refractivity contribution in [3.63, 3.8) is 0 Å². The predicted octanol–water partition coefficient (Wildman–Crippen LogP) is 3.32. The largest absolute Gasteiger partial charge is 0.381 e. The molecule has 92 valence electrons. The Morgan fingerprint density at radius 2 is 2.12 bits per heavy atom. The first-order valence-corrected chi connectivity index (χ1v) is 7.00. The molecule has 0 spiro atoms. The van der Waals surface area contributed by atoms with E-state index in [4.69, 9.17) is 4.74 Å². The first-order chi connectivity index (χ1) is 7.86. The van der Waals surface area contributed by atoms with Gasteiger partial charge in [-0.25, -0.2) is 4.98 Å². The van der Waals surface area contributed by atoms with Gasteiger partial charge in [-0.05, 0) is 19.3 Å². The minimum atomic E-state index is 0.846. The van der Waals surface area contributed by atoms with Crippen molar-refractivity contribution in [2.75, 3.05) is 25.1 Å². The molecule has 0 unspecified atom stereocenters. The number of hydrogen-bond acceptors (Lipinski definition) is 4. The van der Waals surface area contributed by atoms with Gasteiger partial charge in [0.1, 0.15) is 0 Å². The van der Waals surface area contributed by atoms with Crippen molar-refractivity contribution in [3.8, 4) is 0 Å². The third-order valence-electron chi connectivity index (χ3n) is 2.30. The van der Waals surface area contributed by atoms with Crippen molar-refractivity contribution in [3.05, 3.63) is 11.1 Å². The Labute approximate surface area is 102 Å². The lowest BCUT2D eigenvalue weighted by atomic mass is 10.4. The van der Waals surface area contributed by atoms with Crippen molar-refractivity contribution >= 4 is 16.5 Å². The lowest BCUT2D eigenvalue weighted by Gasteiger charge is -2.04. The highest BCUT2D eigenvalue weighted by Crippen LogP contribution is 2.15. The third kappa shape index (κ3) is 5.47. The molecule has 1 aromatic heterocycles. The van der Waals surface area contributed by atoms with Crippen LogP contribution in [0.3, 0.4) is 0 Å². The van der Waals surface area contributed by atoms with Gasteiger partial charge in [0.2, 0.25) is 0 Å². The fraction of sp³-hybridized carbons (Fsp3) is 0.750. The molecule has 1 heterocycles. The summed E-state index contributed by atoms with van der Waals surface area (Å²) < 4.78 is 5.48. The second-order valence-corrected chi connectivity index (χ2v) is 4.60. The lowest BCUT2D eigenvalue weighted by molar-refractivity contribution is 0.131. The van der Waals surface area contributed by atoms with Crippen LogP contribution >= 0.6 is 11.3 Å². The molecular weight excluding hydrogens is 220 g/mol. The van der Waals surface area contributed by atoms with Crippen LogP contribution in [0.25, 0.3) is 0 Å². The van der Waals surface area contributed by atoms with Crippen molar-refractivity contribution in [1.29, 1.82) is 0 Å². The molecule has 1 aromatic rings. The van der Waals surface area contributed by atoms with Gasteiger partial charge in [0, 0.05) is 25.1 Å². The maximum atomic E-state index is 5.48. The number of ether oxygens (including phenoxy) is 1. The zero-order valence-electron chi connectivity index (χ0n) is 10.3. The van der Waals surface area contributed by atoms with Gasteiger partial charge in [-0.15, -0.1) is 11.3 Å². The Kier molecular flexibility index (Phi) is 7.17. The standard InChI is InChI=1S/C12H22N2OS/c1-3-5-8-15-9-6-7-13-12-14-11(4-2)10-16-12/h10H,3-9H2,1-2H3,(H,13,14). The van der Waals surface area contributed by atoms with Gasteiger partial charge in [-0.1, -0.05) is 20.3 Å². The zero-order chi connectivity index (χ0) is 11.6. The van der Waals surface area contributed by atoms with Gasteiger partial charge in [0.05, 0.1) is 5.69 Å². The molecule has 0 aromatic carbocycles. The van der Waals surface area contributed by atoms with E-state index in [0.29, 0.717) is 0 Å². The van der Waals surface area contributed by atoms with Crippen molar-refractivity contribution in [2.45, 2.75) is 39.5 Å². The summed E-state index contributed by atoms with van der Waals surface area (Å²) in [7, 11) is 0. The second-order valence-electron chi connectivity index (χ2n) is 3.74. The Morgan fingerprint density at radius 3 is 2.81 bits per heavy atom. The van der Waals surface area contributed by atoms with E-state index < -0.39 is 0 Å². The second kappa shape index (κ2) is 8.53. The highest BCUT2D eigenvalue weighted by molar-refractivity contribution is 7.13. The summed E-state index contributed by atoms with van der Waals surface area (Å²) in [6.45, 7) is 6.99. The molecule has 0 saturated carbocycles. The Morgan fingerprint density at radius 1 is 1.31 bits per heavy atom. The minimum absolute atomic E-state index is 0.846. The molecule has 0 aliphatic heterocycles. The normalized spacial score (nSPS) is 10.6. The van der Waals surface area contributed by atoms with E-state index in [1.165, 1.54) is 18.5 Å². The van der Waals surface area contributed by atoms with E-state index in [2.05, 4.69) is 29.5 Å². The lowest BCUT2D eigenvalue weighted by Crippen LogP contribution is -2.06. The summed E-state index contributed by atoms with van der Waals surface area (Å²) >= 11 is 1.68. The number of rotatable bonds is 9. The molecule has 0 aliphatic carbocycles. The molecule has 0 amide bonds. The van der Waals surface area contributed by atoms with E-state index in [-0.39, 0.29) is 0 Å². The molecule has 16 heavy (non-hydrogen) atoms. The van der Waals surface area contributed by atoms with Gasteiger partial charge in [0.25, 0.3) is 0 Å². The van der Waals surface area contributed by atoms with Gasteiger partial charge in [0.15, 0.2) is 5.13 Å². The molecule has 0 saturated heterocycles. The molecule has 0 radical (unpaired) electrons. The zero-order valence-corrected chi connectivity index (χ0v) is 11.1. The molecule has 1 rings (SSSR count). The van der Waals surface area contributed by atoms with E-state index >= 15 is 0 Å². The van der Waals surface area contributed by atoms with Gasteiger partial charge in [-0.2, -0.15) is 0 Å². The maximum Gasteiger partial charge on any atom is 0.182 e. The Bertz CT molecular complexity index is 276. The van der Waals surface area contributed by atoms with Crippen LogP contribution < -0.4 is 5.32 Å². The SMILES string of the molecule is CCCCOCCCNc1nc(CC)cs1. The average Bonchev–Trinajstić information content (AvgIpc) is 2.76. The Balaban J connectivity index is 1.98. The summed E-state index contributed by atoms with van der Waals surface area (Å²) in [6, 6.07) is 0. The van der Waals surface area contributed by atoms with Crippen LogP contribution in [0.2, 0.25) is 0 Å². The maximum absolute atomic E-state index is 5.48. The summed E-state index contributed by atoms with van der Waals surface area (Å²) in [4.78, 5) is 4.44. The van der Waals surface area contributed by atoms with Crippen LogP contribution in [0.1, 0.15) is 38.8 Å². The topological polar surface area (TPSA) is 34.1 Å². The van der Waals surface area contributed by atoms with E-state index in [9.17, 15) is 0 Å². The van der Waals surface area contributed by atoms with Crippen LogP contribution in [0.15, 0.2) is 5.38 Å². The first-order valence-electron chi connectivity index (χ1n) is 6.12. The fourth-order valence-corrected chi connectivity index (χ4v) is 2.09. The van der Waals surface area contributed by atoms with Crippen molar-refractivity contribution in [2.24, 2.45) is 0 Å². The third-order valence-corrected chi connectivity index (χ3v) is 3.15. The monoisotopic (exact) mass is 242 g/mol. The summed E-state index contributed by atoms with van der Waals surface area (Å²) in [5.74, 6) is 0. The molecule has 1 N–H and O–H groups in total. The minimum Gasteiger partial charge on any atom is -0.381 e. The number of aromatic nitrogens is 1. The fourth-order valence-electron chi connectivity index (χ4n) is 1.27. The molecule has 0 aliphatic rings. The molecule has 4 heteroatoms. The van der Waals surface area contributed by atoms with Gasteiger partial charge >= 0.3 is 0 Å². The quantitative estimate of drug-likeness (QED) is 0.674. The van der Waals surface area contributed by atoms with Crippen LogP contribution in [0.4, 0.5) is 5.13 Å². The molecule has 0 fully saturated rings. The van der Waals surface area contributed by atoms with E-state index in [0.717, 1.165) is 37.7 Å². The Hall–Kier alpha value is -0.610. The predicted molar refractivity (Wildman–Crippen MR) is 70.3 cm³/mol. The van der Waals surface area contributed by atoms with Crippen LogP contribution in [0.5, 0.6) is 0 Å². The number of aryl methyl sites for hydroxylation is 1. The van der Waals surface area contributed by atoms with Crippen molar-refractivity contribution in [1.82, 2.24) is 4.98 Å². The molecule has 0 atom stereocenters. The summed E-state index contributed by atoms with van der Waals surface area (Å²) in [5, 5.41) is 6.46. The molecule has 0 bridgehead atoms. The average molecular weight is 242 g/mol. The smallest absolute Gasteiger partial charge is 0.182 e. The number of anilines is 1. The number of nitrogens with zero attached hydrogens (tertiary/aromatic N) is 1. The number of unbranched alkanes of at least 4 members (excludes halogenated alkanes) is 1. The van der Waals surface area contributed by atoms with Crippen LogP contribution in [-0.2, 0) is 11.2 Å². The van der Waals surface area contributed by atoms with Gasteiger partial charge in [-0.3, -0.25) is 0 Å². The summed E-state index contributed by atoms with van der Waals surface area (Å²) in [5.41, 5.74) is 1.17. The number of hydrogen-bond donors (Lipinski definition) is 1. The first kappa shape index (κ1) is 13.5. The van der Waals surface area contributed by atoms with Crippen molar-refractivity contribution < 1.29 is 4.74 Å². The van der Waals surface area contributed by atoms with E-state index in [1.54, 1.807) is 11.3 Å².